The summed E-state index contributed by atoms with van der Waals surface area (Å²) in [5.74, 6) is 0.760. The highest BCUT2D eigenvalue weighted by atomic mass is 32.1. The fraction of sp³-hybridized carbons (Fsp3) is 0.280. The number of benzene rings is 2. The summed E-state index contributed by atoms with van der Waals surface area (Å²) in [5, 5.41) is 6.07. The highest BCUT2D eigenvalue weighted by Gasteiger charge is 2.26. The molecule has 0 aliphatic heterocycles. The number of urea groups is 1. The molecule has 1 fully saturated rings. The molecule has 0 spiro atoms. The number of ketones is 1. The monoisotopic (exact) mass is 460 g/mol. The molecular formula is C25H24N4O3S. The van der Waals surface area contributed by atoms with Gasteiger partial charge < -0.3 is 9.73 Å². The van der Waals surface area contributed by atoms with E-state index in [-0.39, 0.29) is 11.7 Å². The van der Waals surface area contributed by atoms with Crippen LogP contribution < -0.4 is 10.6 Å². The van der Waals surface area contributed by atoms with Crippen LogP contribution in [0.2, 0.25) is 0 Å². The fourth-order valence-electron chi connectivity index (χ4n) is 4.22. The standard InChI is InChI=1S/C25H24N4O3S/c1-15-10-11-19(18(12-15)23(30)16-6-2-3-7-16)28-24(31)29-25-26-14-17(33-25)13-22-27-20-8-4-5-9-21(20)32-22/h4-5,8-12,14,16H,2-3,6-7,13H2,1H3,(H2,26,28,29,31). The van der Waals surface area contributed by atoms with Crippen molar-refractivity contribution in [1.29, 1.82) is 0 Å². The molecule has 0 atom stereocenters. The zero-order chi connectivity index (χ0) is 22.8. The van der Waals surface area contributed by atoms with Crippen molar-refractivity contribution in [1.82, 2.24) is 9.97 Å². The van der Waals surface area contributed by atoms with Crippen LogP contribution in [-0.2, 0) is 6.42 Å². The second-order valence-electron chi connectivity index (χ2n) is 8.36. The van der Waals surface area contributed by atoms with Crippen molar-refractivity contribution in [3.8, 4) is 0 Å². The van der Waals surface area contributed by atoms with Gasteiger partial charge in [-0.2, -0.15) is 0 Å². The lowest BCUT2D eigenvalue weighted by Gasteiger charge is -2.14. The SMILES string of the molecule is Cc1ccc(NC(=O)Nc2ncc(Cc3nc4ccccc4o3)s2)c(C(=O)C2CCCC2)c1. The first-order chi connectivity index (χ1) is 16.0. The van der Waals surface area contributed by atoms with Crippen molar-refractivity contribution < 1.29 is 14.0 Å². The van der Waals surface area contributed by atoms with Crippen LogP contribution in [0.5, 0.6) is 0 Å². The predicted octanol–water partition coefficient (Wildman–Crippen LogP) is 6.20. The molecule has 0 radical (unpaired) electrons. The topological polar surface area (TPSA) is 97.1 Å². The van der Waals surface area contributed by atoms with Crippen molar-refractivity contribution in [2.24, 2.45) is 5.92 Å². The maximum atomic E-state index is 13.0. The number of carbonyl (C=O) groups excluding carboxylic acids is 2. The highest BCUT2D eigenvalue weighted by molar-refractivity contribution is 7.15. The Morgan fingerprint density at radius 1 is 1.12 bits per heavy atom. The number of hydrogen-bond donors (Lipinski definition) is 2. The zero-order valence-electron chi connectivity index (χ0n) is 18.3. The lowest BCUT2D eigenvalue weighted by Crippen LogP contribution is -2.22. The molecule has 1 aliphatic rings. The summed E-state index contributed by atoms with van der Waals surface area (Å²) in [5.41, 5.74) is 3.66. The number of aromatic nitrogens is 2. The molecule has 168 valence electrons. The van der Waals surface area contributed by atoms with Crippen LogP contribution in [0.15, 0.2) is 53.1 Å². The second-order valence-corrected chi connectivity index (χ2v) is 9.47. The summed E-state index contributed by atoms with van der Waals surface area (Å²) in [6.07, 6.45) is 6.20. The fourth-order valence-corrected chi connectivity index (χ4v) is 5.02. The van der Waals surface area contributed by atoms with E-state index in [1.165, 1.54) is 11.3 Å². The number of nitrogens with one attached hydrogen (secondary N) is 2. The number of carbonyl (C=O) groups is 2. The molecule has 2 aromatic heterocycles. The van der Waals surface area contributed by atoms with Gasteiger partial charge in [0, 0.05) is 22.6 Å². The summed E-state index contributed by atoms with van der Waals surface area (Å²) in [6, 6.07) is 12.7. The zero-order valence-corrected chi connectivity index (χ0v) is 19.1. The number of Topliss-reactive ketones (excluding diaryl/α,β-unsaturated/α-hetero) is 1. The van der Waals surface area contributed by atoms with Gasteiger partial charge in [0.05, 0.1) is 12.1 Å². The minimum Gasteiger partial charge on any atom is -0.440 e. The number of anilines is 2. The maximum Gasteiger partial charge on any atom is 0.325 e. The van der Waals surface area contributed by atoms with E-state index in [9.17, 15) is 9.59 Å². The van der Waals surface area contributed by atoms with Crippen LogP contribution in [0.1, 0.15) is 52.4 Å². The number of thiazole rings is 1. The van der Waals surface area contributed by atoms with Gasteiger partial charge in [0.25, 0.3) is 0 Å². The van der Waals surface area contributed by atoms with Gasteiger partial charge in [0.2, 0.25) is 5.89 Å². The largest absolute Gasteiger partial charge is 0.440 e. The summed E-state index contributed by atoms with van der Waals surface area (Å²) in [6.45, 7) is 1.95. The molecule has 5 rings (SSSR count). The third-order valence-electron chi connectivity index (χ3n) is 5.85. The first kappa shape index (κ1) is 21.3. The first-order valence-corrected chi connectivity index (χ1v) is 11.9. The Hall–Kier alpha value is -3.52. The van der Waals surface area contributed by atoms with Crippen molar-refractivity contribution >= 4 is 45.1 Å². The Labute approximate surface area is 195 Å². The lowest BCUT2D eigenvalue weighted by molar-refractivity contribution is 0.0923. The van der Waals surface area contributed by atoms with E-state index >= 15 is 0 Å². The number of para-hydroxylation sites is 2. The quantitative estimate of drug-likeness (QED) is 0.334. The molecule has 0 bridgehead atoms. The van der Waals surface area contributed by atoms with Crippen LogP contribution in [0.4, 0.5) is 15.6 Å². The molecule has 2 N–H and O–H groups in total. The Bertz CT molecular complexity index is 1290. The van der Waals surface area contributed by atoms with E-state index in [0.717, 1.165) is 47.2 Å². The summed E-state index contributed by atoms with van der Waals surface area (Å²) in [4.78, 5) is 35.3. The minimum absolute atomic E-state index is 0.0452. The van der Waals surface area contributed by atoms with Gasteiger partial charge in [-0.05, 0) is 44.0 Å². The normalized spacial score (nSPS) is 14.0. The number of aryl methyl sites for hydroxylation is 1. The average Bonchev–Trinajstić information content (AvgIpc) is 3.55. The van der Waals surface area contributed by atoms with E-state index in [2.05, 4.69) is 20.6 Å². The van der Waals surface area contributed by atoms with Crippen molar-refractivity contribution in [2.45, 2.75) is 39.0 Å². The molecule has 1 aliphatic carbocycles. The van der Waals surface area contributed by atoms with Crippen molar-refractivity contribution in [3.63, 3.8) is 0 Å². The Morgan fingerprint density at radius 3 is 2.76 bits per heavy atom. The number of nitrogens with zero attached hydrogens (tertiary/aromatic N) is 2. The summed E-state index contributed by atoms with van der Waals surface area (Å²) >= 11 is 1.36. The van der Waals surface area contributed by atoms with Crippen molar-refractivity contribution in [3.05, 3.63) is 70.6 Å². The van der Waals surface area contributed by atoms with Gasteiger partial charge in [-0.1, -0.05) is 36.6 Å². The molecule has 1 saturated carbocycles. The molecule has 0 unspecified atom stereocenters. The molecular weight excluding hydrogens is 436 g/mol. The number of oxazole rings is 1. The second kappa shape index (κ2) is 9.15. The maximum absolute atomic E-state index is 13.0. The molecule has 33 heavy (non-hydrogen) atoms. The van der Waals surface area contributed by atoms with Gasteiger partial charge in [-0.3, -0.25) is 10.1 Å². The van der Waals surface area contributed by atoms with Gasteiger partial charge in [-0.25, -0.2) is 14.8 Å². The van der Waals surface area contributed by atoms with Crippen LogP contribution in [0, 0.1) is 12.8 Å². The number of rotatable bonds is 6. The molecule has 2 amide bonds. The van der Waals surface area contributed by atoms with Gasteiger partial charge in [0.1, 0.15) is 5.52 Å². The number of fused-ring (bicyclic) bond motifs is 1. The molecule has 2 heterocycles. The molecule has 4 aromatic rings. The Morgan fingerprint density at radius 2 is 1.94 bits per heavy atom. The van der Waals surface area contributed by atoms with Gasteiger partial charge in [0.15, 0.2) is 16.5 Å². The first-order valence-electron chi connectivity index (χ1n) is 11.1. The van der Waals surface area contributed by atoms with Crippen molar-refractivity contribution in [2.75, 3.05) is 10.6 Å². The van der Waals surface area contributed by atoms with E-state index in [0.29, 0.717) is 28.7 Å². The third kappa shape index (κ3) is 4.80. The van der Waals surface area contributed by atoms with E-state index < -0.39 is 6.03 Å². The Balaban J connectivity index is 1.25. The van der Waals surface area contributed by atoms with Gasteiger partial charge >= 0.3 is 6.03 Å². The highest BCUT2D eigenvalue weighted by Crippen LogP contribution is 2.31. The van der Waals surface area contributed by atoms with E-state index in [1.807, 2.05) is 43.3 Å². The van der Waals surface area contributed by atoms with Crippen LogP contribution >= 0.6 is 11.3 Å². The third-order valence-corrected chi connectivity index (χ3v) is 6.77. The Kier molecular flexibility index (Phi) is 5.92. The van der Waals surface area contributed by atoms with Crippen LogP contribution in [0.3, 0.4) is 0 Å². The van der Waals surface area contributed by atoms with Crippen LogP contribution in [0.25, 0.3) is 11.1 Å². The minimum atomic E-state index is -0.429. The molecule has 8 heteroatoms. The smallest absolute Gasteiger partial charge is 0.325 e. The molecule has 2 aromatic carbocycles. The summed E-state index contributed by atoms with van der Waals surface area (Å²) in [7, 11) is 0. The molecule has 7 nitrogen and oxygen atoms in total. The molecule has 0 saturated heterocycles. The summed E-state index contributed by atoms with van der Waals surface area (Å²) < 4.78 is 5.76. The lowest BCUT2D eigenvalue weighted by atomic mass is 9.94. The predicted molar refractivity (Wildman–Crippen MR) is 129 cm³/mol. The number of hydrogen-bond acceptors (Lipinski definition) is 6. The van der Waals surface area contributed by atoms with E-state index in [1.54, 1.807) is 12.3 Å². The van der Waals surface area contributed by atoms with Crippen LogP contribution in [-0.4, -0.2) is 21.8 Å². The van der Waals surface area contributed by atoms with E-state index in [4.69, 9.17) is 4.42 Å². The van der Waals surface area contributed by atoms with Gasteiger partial charge in [-0.15, -0.1) is 11.3 Å². The average molecular weight is 461 g/mol. The number of amides is 2.